The van der Waals surface area contributed by atoms with Crippen LogP contribution < -0.4 is 4.74 Å². The Morgan fingerprint density at radius 3 is 2.56 bits per heavy atom. The van der Waals surface area contributed by atoms with Crippen LogP contribution in [0.4, 0.5) is 0 Å². The van der Waals surface area contributed by atoms with Gasteiger partial charge in [0, 0.05) is 29.7 Å². The second-order valence-corrected chi connectivity index (χ2v) is 7.84. The molecule has 0 saturated carbocycles. The largest absolute Gasteiger partial charge is 0.492 e. The van der Waals surface area contributed by atoms with Crippen molar-refractivity contribution in [3.8, 4) is 5.75 Å². The molecule has 132 valence electrons. The summed E-state index contributed by atoms with van der Waals surface area (Å²) >= 11 is 3.65. The van der Waals surface area contributed by atoms with Gasteiger partial charge in [-0.1, -0.05) is 46.3 Å². The third kappa shape index (κ3) is 3.91. The summed E-state index contributed by atoms with van der Waals surface area (Å²) in [6, 6.07) is 17.5. The predicted molar refractivity (Wildman–Crippen MR) is 105 cm³/mol. The fraction of sp³-hybridized carbons (Fsp3) is 0.429. The van der Waals surface area contributed by atoms with E-state index in [2.05, 4.69) is 74.3 Å². The maximum atomic E-state index is 6.08. The lowest BCUT2D eigenvalue weighted by molar-refractivity contribution is 0.177. The molecule has 2 aromatic rings. The van der Waals surface area contributed by atoms with Gasteiger partial charge in [0.1, 0.15) is 12.4 Å². The molecule has 2 heterocycles. The molecule has 1 saturated heterocycles. The van der Waals surface area contributed by atoms with Gasteiger partial charge in [0.2, 0.25) is 0 Å². The van der Waals surface area contributed by atoms with E-state index >= 15 is 0 Å². The Bertz CT molecular complexity index is 700. The van der Waals surface area contributed by atoms with Gasteiger partial charge in [-0.25, -0.2) is 0 Å². The molecule has 1 atom stereocenters. The van der Waals surface area contributed by atoms with Crippen molar-refractivity contribution in [2.45, 2.75) is 18.9 Å². The van der Waals surface area contributed by atoms with Crippen molar-refractivity contribution in [1.82, 2.24) is 9.80 Å². The normalized spacial score (nSPS) is 21.6. The van der Waals surface area contributed by atoms with Gasteiger partial charge in [0.05, 0.1) is 6.04 Å². The van der Waals surface area contributed by atoms with E-state index in [9.17, 15) is 0 Å². The number of benzene rings is 2. The van der Waals surface area contributed by atoms with E-state index in [1.807, 2.05) is 0 Å². The van der Waals surface area contributed by atoms with Crippen molar-refractivity contribution in [3.63, 3.8) is 0 Å². The SMILES string of the molecule is Brc1ccc2c(c1)C(c1ccccc1)N(CCN1CCCC1)CCO2. The zero-order valence-corrected chi connectivity index (χ0v) is 16.1. The lowest BCUT2D eigenvalue weighted by Gasteiger charge is -2.32. The van der Waals surface area contributed by atoms with Gasteiger partial charge in [-0.15, -0.1) is 0 Å². The molecule has 2 aliphatic heterocycles. The lowest BCUT2D eigenvalue weighted by atomic mass is 9.96. The van der Waals surface area contributed by atoms with Gasteiger partial charge in [-0.3, -0.25) is 4.90 Å². The Labute approximate surface area is 158 Å². The first-order valence-electron chi connectivity index (χ1n) is 9.25. The molecule has 2 aliphatic rings. The minimum absolute atomic E-state index is 0.249. The second-order valence-electron chi connectivity index (χ2n) is 6.93. The first-order valence-corrected chi connectivity index (χ1v) is 10.0. The maximum Gasteiger partial charge on any atom is 0.124 e. The highest BCUT2D eigenvalue weighted by atomic mass is 79.9. The first kappa shape index (κ1) is 17.1. The predicted octanol–water partition coefficient (Wildman–Crippen LogP) is 4.33. The molecule has 0 radical (unpaired) electrons. The van der Waals surface area contributed by atoms with Crippen molar-refractivity contribution in [3.05, 3.63) is 64.1 Å². The van der Waals surface area contributed by atoms with Crippen molar-refractivity contribution >= 4 is 15.9 Å². The minimum Gasteiger partial charge on any atom is -0.492 e. The second kappa shape index (κ2) is 7.90. The standard InChI is InChI=1S/C21H25BrN2O/c22-18-8-9-20-19(16-18)21(17-6-2-1-3-7-17)24(14-15-25-20)13-12-23-10-4-5-11-23/h1-3,6-9,16,21H,4-5,10-15H2. The molecule has 3 nitrogen and oxygen atoms in total. The molecular weight excluding hydrogens is 376 g/mol. The zero-order chi connectivity index (χ0) is 17.1. The van der Waals surface area contributed by atoms with Gasteiger partial charge in [-0.2, -0.15) is 0 Å². The number of ether oxygens (including phenoxy) is 1. The monoisotopic (exact) mass is 400 g/mol. The van der Waals surface area contributed by atoms with Crippen LogP contribution in [0.3, 0.4) is 0 Å². The molecule has 0 aliphatic carbocycles. The smallest absolute Gasteiger partial charge is 0.124 e. The molecule has 0 N–H and O–H groups in total. The number of likely N-dealkylation sites (tertiary alicyclic amines) is 1. The average molecular weight is 401 g/mol. The molecule has 1 unspecified atom stereocenters. The average Bonchev–Trinajstić information content (AvgIpc) is 3.09. The quantitative estimate of drug-likeness (QED) is 0.759. The Balaban J connectivity index is 1.66. The van der Waals surface area contributed by atoms with Crippen molar-refractivity contribution in [2.24, 2.45) is 0 Å². The molecule has 0 amide bonds. The van der Waals surface area contributed by atoms with Crippen LogP contribution in [0.2, 0.25) is 0 Å². The number of nitrogens with zero attached hydrogens (tertiary/aromatic N) is 2. The van der Waals surface area contributed by atoms with Crippen LogP contribution >= 0.6 is 15.9 Å². The van der Waals surface area contributed by atoms with E-state index in [0.29, 0.717) is 0 Å². The Morgan fingerprint density at radius 1 is 0.960 bits per heavy atom. The van der Waals surface area contributed by atoms with Crippen molar-refractivity contribution in [2.75, 3.05) is 39.3 Å². The molecule has 1 fully saturated rings. The maximum absolute atomic E-state index is 6.08. The zero-order valence-electron chi connectivity index (χ0n) is 14.5. The van der Waals surface area contributed by atoms with Gasteiger partial charge in [-0.05, 0) is 49.7 Å². The summed E-state index contributed by atoms with van der Waals surface area (Å²) in [4.78, 5) is 5.18. The summed E-state index contributed by atoms with van der Waals surface area (Å²) in [6.07, 6.45) is 2.70. The van der Waals surface area contributed by atoms with Crippen LogP contribution in [0.5, 0.6) is 5.75 Å². The topological polar surface area (TPSA) is 15.7 Å². The highest BCUT2D eigenvalue weighted by Crippen LogP contribution is 2.38. The van der Waals surface area contributed by atoms with Crippen LogP contribution in [0.25, 0.3) is 0 Å². The summed E-state index contributed by atoms with van der Waals surface area (Å²) in [5.41, 5.74) is 2.60. The number of hydrogen-bond acceptors (Lipinski definition) is 3. The third-order valence-corrected chi connectivity index (χ3v) is 5.78. The summed E-state index contributed by atoms with van der Waals surface area (Å²) in [5, 5.41) is 0. The molecule has 25 heavy (non-hydrogen) atoms. The first-order chi connectivity index (χ1) is 12.3. The van der Waals surface area contributed by atoms with Crippen LogP contribution in [-0.4, -0.2) is 49.1 Å². The van der Waals surface area contributed by atoms with E-state index in [1.165, 1.54) is 37.1 Å². The lowest BCUT2D eigenvalue weighted by Crippen LogP contribution is -2.37. The van der Waals surface area contributed by atoms with Gasteiger partial charge < -0.3 is 9.64 Å². The van der Waals surface area contributed by atoms with Crippen LogP contribution in [-0.2, 0) is 0 Å². The Kier molecular flexibility index (Phi) is 5.39. The molecule has 0 aromatic heterocycles. The molecule has 0 bridgehead atoms. The third-order valence-electron chi connectivity index (χ3n) is 5.29. The minimum atomic E-state index is 0.249. The van der Waals surface area contributed by atoms with Gasteiger partial charge in [0.25, 0.3) is 0 Å². The fourth-order valence-electron chi connectivity index (χ4n) is 4.01. The number of fused-ring (bicyclic) bond motifs is 1. The van der Waals surface area contributed by atoms with Crippen molar-refractivity contribution in [1.29, 1.82) is 0 Å². The molecule has 2 aromatic carbocycles. The van der Waals surface area contributed by atoms with E-state index in [0.717, 1.165) is 36.5 Å². The highest BCUT2D eigenvalue weighted by molar-refractivity contribution is 9.10. The molecule has 4 rings (SSSR count). The summed E-state index contributed by atoms with van der Waals surface area (Å²) in [7, 11) is 0. The van der Waals surface area contributed by atoms with E-state index in [1.54, 1.807) is 0 Å². The summed E-state index contributed by atoms with van der Waals surface area (Å²) in [6.45, 7) is 6.43. The Hall–Kier alpha value is -1.36. The fourth-order valence-corrected chi connectivity index (χ4v) is 4.38. The molecule has 0 spiro atoms. The number of rotatable bonds is 4. The molecular formula is C21H25BrN2O. The molecule has 4 heteroatoms. The van der Waals surface area contributed by atoms with Crippen LogP contribution in [0.15, 0.2) is 53.0 Å². The van der Waals surface area contributed by atoms with Crippen molar-refractivity contribution < 1.29 is 4.74 Å². The summed E-state index contributed by atoms with van der Waals surface area (Å²) in [5.74, 6) is 1.01. The summed E-state index contributed by atoms with van der Waals surface area (Å²) < 4.78 is 7.19. The van der Waals surface area contributed by atoms with E-state index in [-0.39, 0.29) is 6.04 Å². The van der Waals surface area contributed by atoms with E-state index in [4.69, 9.17) is 4.74 Å². The van der Waals surface area contributed by atoms with Gasteiger partial charge >= 0.3 is 0 Å². The van der Waals surface area contributed by atoms with Crippen LogP contribution in [0, 0.1) is 0 Å². The Morgan fingerprint density at radius 2 is 1.76 bits per heavy atom. The van der Waals surface area contributed by atoms with Crippen LogP contribution in [0.1, 0.15) is 30.0 Å². The number of hydrogen-bond donors (Lipinski definition) is 0. The highest BCUT2D eigenvalue weighted by Gasteiger charge is 2.28. The van der Waals surface area contributed by atoms with E-state index < -0.39 is 0 Å². The number of halogens is 1. The van der Waals surface area contributed by atoms with Gasteiger partial charge in [0.15, 0.2) is 0 Å².